The van der Waals surface area contributed by atoms with Gasteiger partial charge < -0.3 is 10.4 Å². The summed E-state index contributed by atoms with van der Waals surface area (Å²) in [5, 5.41) is 16.0. The number of benzene rings is 1. The van der Waals surface area contributed by atoms with Crippen molar-refractivity contribution in [1.29, 1.82) is 0 Å². The molecule has 5 heteroatoms. The van der Waals surface area contributed by atoms with Crippen LogP contribution in [0.15, 0.2) is 30.3 Å². The number of amides is 1. The number of nitrogens with zero attached hydrogens (tertiary/aromatic N) is 2. The lowest BCUT2D eigenvalue weighted by Gasteiger charge is -2.07. The fourth-order valence-electron chi connectivity index (χ4n) is 1.86. The zero-order chi connectivity index (χ0) is 13.8. The third-order valence-corrected chi connectivity index (χ3v) is 2.83. The third-order valence-electron chi connectivity index (χ3n) is 2.83. The van der Waals surface area contributed by atoms with Crippen molar-refractivity contribution in [3.05, 3.63) is 47.3 Å². The first-order valence-electron chi connectivity index (χ1n) is 6.19. The highest BCUT2D eigenvalue weighted by Crippen LogP contribution is 2.12. The fraction of sp³-hybridized carbons (Fsp3) is 0.286. The van der Waals surface area contributed by atoms with Crippen LogP contribution in [0.5, 0.6) is 0 Å². The van der Waals surface area contributed by atoms with Crippen LogP contribution in [0.4, 0.5) is 5.69 Å². The largest absolute Gasteiger partial charge is 0.392 e. The van der Waals surface area contributed by atoms with Crippen LogP contribution in [0.2, 0.25) is 0 Å². The molecule has 0 fully saturated rings. The quantitative estimate of drug-likeness (QED) is 0.882. The predicted molar refractivity (Wildman–Crippen MR) is 73.0 cm³/mol. The van der Waals surface area contributed by atoms with Gasteiger partial charge in [-0.25, -0.2) is 0 Å². The number of aliphatic hydroxyl groups excluding tert-OH is 1. The van der Waals surface area contributed by atoms with Crippen molar-refractivity contribution < 1.29 is 9.90 Å². The number of rotatable bonds is 4. The number of nitrogens with one attached hydrogen (secondary N) is 1. The predicted octanol–water partition coefficient (Wildman–Crippen LogP) is 1.96. The van der Waals surface area contributed by atoms with Gasteiger partial charge in [-0.15, -0.1) is 0 Å². The first-order chi connectivity index (χ1) is 9.13. The Hall–Kier alpha value is -2.14. The smallest absolute Gasteiger partial charge is 0.273 e. The van der Waals surface area contributed by atoms with E-state index in [9.17, 15) is 4.79 Å². The molecule has 2 rings (SSSR count). The van der Waals surface area contributed by atoms with Crippen molar-refractivity contribution in [3.8, 4) is 0 Å². The van der Waals surface area contributed by atoms with Crippen molar-refractivity contribution in [3.63, 3.8) is 0 Å². The third kappa shape index (κ3) is 3.00. The molecular weight excluding hydrogens is 242 g/mol. The van der Waals surface area contributed by atoms with Gasteiger partial charge in [0.2, 0.25) is 0 Å². The molecule has 2 aromatic rings. The standard InChI is InChI=1S/C14H17N3O2/c1-3-17-13(8-10(2)16-17)14(19)15-12-6-4-11(9-18)5-7-12/h4-8,18H,3,9H2,1-2H3,(H,15,19). The molecule has 5 nitrogen and oxygen atoms in total. The van der Waals surface area contributed by atoms with Crippen molar-refractivity contribution in [2.75, 3.05) is 5.32 Å². The normalized spacial score (nSPS) is 10.5. The van der Waals surface area contributed by atoms with Crippen LogP contribution in [-0.4, -0.2) is 20.8 Å². The summed E-state index contributed by atoms with van der Waals surface area (Å²) in [6, 6.07) is 8.85. The Kier molecular flexibility index (Phi) is 3.97. The Bertz CT molecular complexity index is 573. The maximum absolute atomic E-state index is 12.1. The van der Waals surface area contributed by atoms with Crippen molar-refractivity contribution in [2.24, 2.45) is 0 Å². The fourth-order valence-corrected chi connectivity index (χ4v) is 1.86. The molecule has 0 unspecified atom stereocenters. The average molecular weight is 259 g/mol. The summed E-state index contributed by atoms with van der Waals surface area (Å²) in [5.74, 6) is -0.181. The molecule has 0 aliphatic carbocycles. The second-order valence-electron chi connectivity index (χ2n) is 4.30. The number of hydrogen-bond acceptors (Lipinski definition) is 3. The van der Waals surface area contributed by atoms with Crippen LogP contribution in [0.1, 0.15) is 28.7 Å². The SMILES string of the molecule is CCn1nc(C)cc1C(=O)Nc1ccc(CO)cc1. The van der Waals surface area contributed by atoms with Gasteiger partial charge in [-0.2, -0.15) is 5.10 Å². The van der Waals surface area contributed by atoms with Gasteiger partial charge in [0, 0.05) is 12.2 Å². The number of carbonyl (C=O) groups excluding carboxylic acids is 1. The van der Waals surface area contributed by atoms with E-state index in [1.807, 2.05) is 13.8 Å². The van der Waals surface area contributed by atoms with Gasteiger partial charge >= 0.3 is 0 Å². The highest BCUT2D eigenvalue weighted by molar-refractivity contribution is 6.03. The van der Waals surface area contributed by atoms with E-state index >= 15 is 0 Å². The van der Waals surface area contributed by atoms with Gasteiger partial charge in [-0.3, -0.25) is 9.48 Å². The lowest BCUT2D eigenvalue weighted by molar-refractivity contribution is 0.101. The molecule has 19 heavy (non-hydrogen) atoms. The first kappa shape index (κ1) is 13.3. The van der Waals surface area contributed by atoms with E-state index in [0.717, 1.165) is 11.3 Å². The van der Waals surface area contributed by atoms with Gasteiger partial charge in [0.1, 0.15) is 5.69 Å². The molecule has 1 aromatic carbocycles. The molecule has 2 N–H and O–H groups in total. The summed E-state index contributed by atoms with van der Waals surface area (Å²) >= 11 is 0. The Morgan fingerprint density at radius 1 is 1.37 bits per heavy atom. The summed E-state index contributed by atoms with van der Waals surface area (Å²) in [6.07, 6.45) is 0. The molecule has 0 bridgehead atoms. The molecule has 0 saturated heterocycles. The molecule has 0 atom stereocenters. The van der Waals surface area contributed by atoms with Crippen LogP contribution in [0.3, 0.4) is 0 Å². The van der Waals surface area contributed by atoms with Gasteiger partial charge in [0.25, 0.3) is 5.91 Å². The van der Waals surface area contributed by atoms with E-state index in [4.69, 9.17) is 5.11 Å². The van der Waals surface area contributed by atoms with Crippen LogP contribution in [0.25, 0.3) is 0 Å². The Morgan fingerprint density at radius 2 is 2.05 bits per heavy atom. The second-order valence-corrected chi connectivity index (χ2v) is 4.30. The maximum atomic E-state index is 12.1. The number of aliphatic hydroxyl groups is 1. The van der Waals surface area contributed by atoms with Gasteiger partial charge in [-0.1, -0.05) is 12.1 Å². The highest BCUT2D eigenvalue weighted by Gasteiger charge is 2.13. The molecule has 1 amide bonds. The van der Waals surface area contributed by atoms with Gasteiger partial charge in [0.15, 0.2) is 0 Å². The number of carbonyl (C=O) groups is 1. The van der Waals surface area contributed by atoms with Crippen molar-refractivity contribution in [2.45, 2.75) is 27.0 Å². The molecule has 1 aromatic heterocycles. The highest BCUT2D eigenvalue weighted by atomic mass is 16.3. The minimum absolute atomic E-state index is 0.00394. The summed E-state index contributed by atoms with van der Waals surface area (Å²) in [6.45, 7) is 4.45. The minimum Gasteiger partial charge on any atom is -0.392 e. The molecule has 0 aliphatic rings. The number of aryl methyl sites for hydroxylation is 2. The Labute approximate surface area is 111 Å². The average Bonchev–Trinajstić information content (AvgIpc) is 2.81. The zero-order valence-electron chi connectivity index (χ0n) is 11.1. The first-order valence-corrected chi connectivity index (χ1v) is 6.19. The van der Waals surface area contributed by atoms with Crippen LogP contribution >= 0.6 is 0 Å². The number of hydrogen-bond donors (Lipinski definition) is 2. The lowest BCUT2D eigenvalue weighted by atomic mass is 10.2. The summed E-state index contributed by atoms with van der Waals surface area (Å²) in [7, 11) is 0. The van der Waals surface area contributed by atoms with E-state index in [1.165, 1.54) is 0 Å². The monoisotopic (exact) mass is 259 g/mol. The van der Waals surface area contributed by atoms with Crippen molar-refractivity contribution >= 4 is 11.6 Å². The summed E-state index contributed by atoms with van der Waals surface area (Å²) < 4.78 is 1.67. The Morgan fingerprint density at radius 3 is 2.63 bits per heavy atom. The molecule has 0 radical (unpaired) electrons. The van der Waals surface area contributed by atoms with E-state index in [1.54, 1.807) is 35.0 Å². The molecule has 0 saturated carbocycles. The van der Waals surface area contributed by atoms with Crippen LogP contribution in [0, 0.1) is 6.92 Å². The number of aromatic nitrogens is 2. The van der Waals surface area contributed by atoms with Gasteiger partial charge in [0.05, 0.1) is 12.3 Å². The zero-order valence-corrected chi connectivity index (χ0v) is 11.1. The lowest BCUT2D eigenvalue weighted by Crippen LogP contribution is -2.17. The van der Waals surface area contributed by atoms with E-state index in [-0.39, 0.29) is 12.5 Å². The molecule has 0 aliphatic heterocycles. The van der Waals surface area contributed by atoms with Crippen LogP contribution in [-0.2, 0) is 13.2 Å². The number of anilines is 1. The summed E-state index contributed by atoms with van der Waals surface area (Å²) in [4.78, 5) is 12.1. The van der Waals surface area contributed by atoms with Gasteiger partial charge in [-0.05, 0) is 37.6 Å². The minimum atomic E-state index is -0.181. The maximum Gasteiger partial charge on any atom is 0.273 e. The van der Waals surface area contributed by atoms with E-state index in [0.29, 0.717) is 17.9 Å². The molecule has 1 heterocycles. The topological polar surface area (TPSA) is 67.2 Å². The van der Waals surface area contributed by atoms with E-state index < -0.39 is 0 Å². The van der Waals surface area contributed by atoms with E-state index in [2.05, 4.69) is 10.4 Å². The Balaban J connectivity index is 2.15. The summed E-state index contributed by atoms with van der Waals surface area (Å²) in [5.41, 5.74) is 2.88. The molecule has 100 valence electrons. The van der Waals surface area contributed by atoms with Crippen molar-refractivity contribution in [1.82, 2.24) is 9.78 Å². The molecular formula is C14H17N3O2. The van der Waals surface area contributed by atoms with Crippen LogP contribution < -0.4 is 5.32 Å². The molecule has 0 spiro atoms. The second kappa shape index (κ2) is 5.67.